The highest BCUT2D eigenvalue weighted by Gasteiger charge is 2.05. The van der Waals surface area contributed by atoms with E-state index in [0.717, 1.165) is 17.0 Å². The van der Waals surface area contributed by atoms with E-state index in [1.54, 1.807) is 19.4 Å². The molecule has 1 aromatic carbocycles. The van der Waals surface area contributed by atoms with Crippen molar-refractivity contribution in [3.63, 3.8) is 0 Å². The lowest BCUT2D eigenvalue weighted by molar-refractivity contribution is 0.416. The van der Waals surface area contributed by atoms with Crippen LogP contribution in [0.25, 0.3) is 11.3 Å². The van der Waals surface area contributed by atoms with Gasteiger partial charge in [-0.05, 0) is 24.3 Å². The standard InChI is InChI=1S/C12H12N2O/c1-15-12-5-3-2-4-10(12)11-8-9(13)6-7-14-11/h2-8H,1H3,(H2,13,14). The Balaban J connectivity index is 2.53. The number of nitrogen functional groups attached to an aromatic ring is 1. The molecule has 1 aromatic heterocycles. The third-order valence-corrected chi connectivity index (χ3v) is 2.17. The Hall–Kier alpha value is -2.03. The summed E-state index contributed by atoms with van der Waals surface area (Å²) in [6.07, 6.45) is 1.69. The van der Waals surface area contributed by atoms with Crippen LogP contribution in [0, 0.1) is 0 Å². The Morgan fingerprint density at radius 3 is 2.73 bits per heavy atom. The van der Waals surface area contributed by atoms with Crippen LogP contribution in [-0.4, -0.2) is 12.1 Å². The summed E-state index contributed by atoms with van der Waals surface area (Å²) in [4.78, 5) is 4.26. The average Bonchev–Trinajstić information content (AvgIpc) is 2.29. The van der Waals surface area contributed by atoms with Crippen LogP contribution in [0.15, 0.2) is 42.6 Å². The van der Waals surface area contributed by atoms with Crippen LogP contribution in [0.2, 0.25) is 0 Å². The molecule has 0 atom stereocenters. The summed E-state index contributed by atoms with van der Waals surface area (Å²) < 4.78 is 5.26. The van der Waals surface area contributed by atoms with Gasteiger partial charge < -0.3 is 10.5 Å². The molecule has 3 heteroatoms. The number of para-hydroxylation sites is 1. The van der Waals surface area contributed by atoms with E-state index in [-0.39, 0.29) is 0 Å². The van der Waals surface area contributed by atoms with Crippen molar-refractivity contribution >= 4 is 5.69 Å². The molecule has 2 N–H and O–H groups in total. The zero-order valence-corrected chi connectivity index (χ0v) is 8.47. The van der Waals surface area contributed by atoms with Crippen LogP contribution >= 0.6 is 0 Å². The van der Waals surface area contributed by atoms with Crippen LogP contribution < -0.4 is 10.5 Å². The molecule has 0 aliphatic rings. The van der Waals surface area contributed by atoms with E-state index in [0.29, 0.717) is 5.69 Å². The highest BCUT2D eigenvalue weighted by Crippen LogP contribution is 2.28. The fourth-order valence-corrected chi connectivity index (χ4v) is 1.45. The number of pyridine rings is 1. The molecule has 0 saturated heterocycles. The number of anilines is 1. The third-order valence-electron chi connectivity index (χ3n) is 2.17. The summed E-state index contributed by atoms with van der Waals surface area (Å²) in [7, 11) is 1.64. The molecule has 0 saturated carbocycles. The lowest BCUT2D eigenvalue weighted by Gasteiger charge is -2.07. The summed E-state index contributed by atoms with van der Waals surface area (Å²) >= 11 is 0. The van der Waals surface area contributed by atoms with Gasteiger partial charge >= 0.3 is 0 Å². The second kappa shape index (κ2) is 4.00. The number of nitrogens with zero attached hydrogens (tertiary/aromatic N) is 1. The Kier molecular flexibility index (Phi) is 2.54. The molecule has 0 aliphatic carbocycles. The van der Waals surface area contributed by atoms with Gasteiger partial charge in [0, 0.05) is 17.4 Å². The van der Waals surface area contributed by atoms with Crippen molar-refractivity contribution in [2.45, 2.75) is 0 Å². The van der Waals surface area contributed by atoms with Crippen LogP contribution in [0.5, 0.6) is 5.75 Å². The molecular weight excluding hydrogens is 188 g/mol. The number of hydrogen-bond acceptors (Lipinski definition) is 3. The lowest BCUT2D eigenvalue weighted by Crippen LogP contribution is -1.91. The number of hydrogen-bond donors (Lipinski definition) is 1. The molecule has 0 spiro atoms. The van der Waals surface area contributed by atoms with E-state index < -0.39 is 0 Å². The molecule has 3 nitrogen and oxygen atoms in total. The monoisotopic (exact) mass is 200 g/mol. The molecule has 0 unspecified atom stereocenters. The molecule has 76 valence electrons. The number of rotatable bonds is 2. The van der Waals surface area contributed by atoms with Gasteiger partial charge in [0.05, 0.1) is 12.8 Å². The van der Waals surface area contributed by atoms with Gasteiger partial charge in [-0.15, -0.1) is 0 Å². The molecule has 2 aromatic rings. The largest absolute Gasteiger partial charge is 0.496 e. The molecule has 1 heterocycles. The normalized spacial score (nSPS) is 9.93. The number of ether oxygens (including phenoxy) is 1. The van der Waals surface area contributed by atoms with Gasteiger partial charge in [-0.3, -0.25) is 4.98 Å². The van der Waals surface area contributed by atoms with Crippen molar-refractivity contribution in [3.05, 3.63) is 42.6 Å². The molecule has 0 aliphatic heterocycles. The van der Waals surface area contributed by atoms with Gasteiger partial charge in [0.1, 0.15) is 5.75 Å². The van der Waals surface area contributed by atoms with Gasteiger partial charge in [-0.1, -0.05) is 12.1 Å². The van der Waals surface area contributed by atoms with Crippen LogP contribution in [0.1, 0.15) is 0 Å². The molecule has 2 rings (SSSR count). The number of nitrogens with two attached hydrogens (primary N) is 1. The van der Waals surface area contributed by atoms with Crippen molar-refractivity contribution in [1.82, 2.24) is 4.98 Å². The van der Waals surface area contributed by atoms with E-state index in [2.05, 4.69) is 4.98 Å². The predicted octanol–water partition coefficient (Wildman–Crippen LogP) is 2.34. The van der Waals surface area contributed by atoms with E-state index in [4.69, 9.17) is 10.5 Å². The highest BCUT2D eigenvalue weighted by molar-refractivity contribution is 5.69. The van der Waals surface area contributed by atoms with E-state index >= 15 is 0 Å². The first kappa shape index (κ1) is 9.52. The third kappa shape index (κ3) is 1.91. The van der Waals surface area contributed by atoms with E-state index in [1.807, 2.05) is 30.3 Å². The topological polar surface area (TPSA) is 48.1 Å². The minimum atomic E-state index is 0.700. The Bertz CT molecular complexity index is 469. The van der Waals surface area contributed by atoms with Gasteiger partial charge in [-0.25, -0.2) is 0 Å². The van der Waals surface area contributed by atoms with Gasteiger partial charge in [-0.2, -0.15) is 0 Å². The maximum Gasteiger partial charge on any atom is 0.128 e. The average molecular weight is 200 g/mol. The van der Waals surface area contributed by atoms with Gasteiger partial charge in [0.15, 0.2) is 0 Å². The molecule has 0 radical (unpaired) electrons. The maximum absolute atomic E-state index is 5.71. The first-order valence-electron chi connectivity index (χ1n) is 4.66. The lowest BCUT2D eigenvalue weighted by atomic mass is 10.1. The summed E-state index contributed by atoms with van der Waals surface area (Å²) in [5.41, 5.74) is 8.18. The zero-order chi connectivity index (χ0) is 10.7. The fourth-order valence-electron chi connectivity index (χ4n) is 1.45. The van der Waals surface area contributed by atoms with Crippen molar-refractivity contribution in [1.29, 1.82) is 0 Å². The summed E-state index contributed by atoms with van der Waals surface area (Å²) in [6.45, 7) is 0. The summed E-state index contributed by atoms with van der Waals surface area (Å²) in [5.74, 6) is 0.801. The molecule has 0 fully saturated rings. The van der Waals surface area contributed by atoms with Crippen molar-refractivity contribution in [3.8, 4) is 17.0 Å². The highest BCUT2D eigenvalue weighted by atomic mass is 16.5. The summed E-state index contributed by atoms with van der Waals surface area (Å²) in [6, 6.07) is 11.3. The van der Waals surface area contributed by atoms with Crippen LogP contribution in [0.4, 0.5) is 5.69 Å². The van der Waals surface area contributed by atoms with E-state index in [9.17, 15) is 0 Å². The predicted molar refractivity (Wildman–Crippen MR) is 60.6 cm³/mol. The Labute approximate surface area is 88.5 Å². The van der Waals surface area contributed by atoms with Crippen LogP contribution in [0.3, 0.4) is 0 Å². The molecule has 0 bridgehead atoms. The minimum absolute atomic E-state index is 0.700. The summed E-state index contributed by atoms with van der Waals surface area (Å²) in [5, 5.41) is 0. The van der Waals surface area contributed by atoms with Crippen molar-refractivity contribution in [2.75, 3.05) is 12.8 Å². The SMILES string of the molecule is COc1ccccc1-c1cc(N)ccn1. The molecule has 15 heavy (non-hydrogen) atoms. The quantitative estimate of drug-likeness (QED) is 0.809. The van der Waals surface area contributed by atoms with Crippen molar-refractivity contribution < 1.29 is 4.74 Å². The molecular formula is C12H12N2O. The van der Waals surface area contributed by atoms with Gasteiger partial charge in [0.25, 0.3) is 0 Å². The zero-order valence-electron chi connectivity index (χ0n) is 8.47. The first-order valence-corrected chi connectivity index (χ1v) is 4.66. The van der Waals surface area contributed by atoms with Crippen molar-refractivity contribution in [2.24, 2.45) is 0 Å². The first-order chi connectivity index (χ1) is 7.31. The van der Waals surface area contributed by atoms with Crippen LogP contribution in [-0.2, 0) is 0 Å². The second-order valence-corrected chi connectivity index (χ2v) is 3.17. The minimum Gasteiger partial charge on any atom is -0.496 e. The Morgan fingerprint density at radius 1 is 1.20 bits per heavy atom. The van der Waals surface area contributed by atoms with Gasteiger partial charge in [0.2, 0.25) is 0 Å². The number of benzene rings is 1. The second-order valence-electron chi connectivity index (χ2n) is 3.17. The molecule has 0 amide bonds. The maximum atomic E-state index is 5.71. The fraction of sp³-hybridized carbons (Fsp3) is 0.0833. The Morgan fingerprint density at radius 2 is 2.00 bits per heavy atom. The smallest absolute Gasteiger partial charge is 0.128 e. The number of methoxy groups -OCH3 is 1. The number of aromatic nitrogens is 1. The van der Waals surface area contributed by atoms with E-state index in [1.165, 1.54) is 0 Å².